The van der Waals surface area contributed by atoms with Gasteiger partial charge in [-0.2, -0.15) is 0 Å². The van der Waals surface area contributed by atoms with Gasteiger partial charge in [-0.05, 0) is 69.1 Å². The zero-order valence-electron chi connectivity index (χ0n) is 21.8. The number of carbonyl (C=O) groups excluding carboxylic acids is 4. The first-order valence-corrected chi connectivity index (χ1v) is 12.7. The smallest absolute Gasteiger partial charge is 0.308 e. The highest BCUT2D eigenvalue weighted by atomic mass is 16.6. The number of carbonyl (C=O) groups is 4. The Hall–Kier alpha value is -2.74. The lowest BCUT2D eigenvalue weighted by Crippen LogP contribution is -2.62. The Morgan fingerprint density at radius 2 is 1.75 bits per heavy atom. The number of rotatable bonds is 5. The molecule has 4 aliphatic carbocycles. The average molecular weight is 499 g/mol. The molecular formula is C28H34O8. The van der Waals surface area contributed by atoms with E-state index in [0.29, 0.717) is 25.0 Å². The second-order valence-corrected chi connectivity index (χ2v) is 11.4. The lowest BCUT2D eigenvalue weighted by atomic mass is 9.46. The van der Waals surface area contributed by atoms with Gasteiger partial charge in [0, 0.05) is 31.6 Å². The molecule has 1 unspecified atom stereocenters. The standard InChI is InChI=1S/C28H34O8/c1-15-11-20(34-17(3)30)12-19-7-8-22-21-9-10-27(35-18(4)31,23(32)14-33-16(2)29)25(21,5)13-24-28(22,36-24)26(15,19)6/h7,11-12,21-22,24H,8-10,13-14H2,1-6H3/t21-,22-,24?,25-,26-,27-,28-/m0/s1. The van der Waals surface area contributed by atoms with Crippen LogP contribution in [0.2, 0.25) is 0 Å². The summed E-state index contributed by atoms with van der Waals surface area (Å²) < 4.78 is 23.0. The lowest BCUT2D eigenvalue weighted by Gasteiger charge is -2.56. The third-order valence-electron chi connectivity index (χ3n) is 9.78. The van der Waals surface area contributed by atoms with Crippen molar-refractivity contribution in [3.8, 4) is 0 Å². The Morgan fingerprint density at radius 3 is 2.39 bits per heavy atom. The molecule has 2 saturated carbocycles. The minimum Gasteiger partial charge on any atom is -0.458 e. The molecule has 0 aromatic carbocycles. The van der Waals surface area contributed by atoms with Crippen molar-refractivity contribution in [1.82, 2.24) is 0 Å². The number of esters is 3. The first-order chi connectivity index (χ1) is 16.8. The summed E-state index contributed by atoms with van der Waals surface area (Å²) >= 11 is 0. The highest BCUT2D eigenvalue weighted by Gasteiger charge is 2.82. The minimum absolute atomic E-state index is 0.0677. The van der Waals surface area contributed by atoms with Crippen molar-refractivity contribution in [3.05, 3.63) is 35.1 Å². The molecule has 36 heavy (non-hydrogen) atoms. The minimum atomic E-state index is -1.36. The van der Waals surface area contributed by atoms with Crippen LogP contribution in [-0.4, -0.2) is 47.6 Å². The fraction of sp³-hybridized carbons (Fsp3) is 0.643. The molecule has 0 radical (unpaired) electrons. The molecule has 0 aromatic rings. The van der Waals surface area contributed by atoms with Crippen molar-refractivity contribution in [1.29, 1.82) is 0 Å². The Morgan fingerprint density at radius 1 is 1.03 bits per heavy atom. The maximum atomic E-state index is 13.5. The van der Waals surface area contributed by atoms with Crippen LogP contribution in [0.5, 0.6) is 0 Å². The number of hydrogen-bond acceptors (Lipinski definition) is 8. The third kappa shape index (κ3) is 3.09. The molecule has 8 heteroatoms. The number of Topliss-reactive ketones (excluding diaryl/α,β-unsaturated/α-hetero) is 1. The fourth-order valence-corrected chi connectivity index (χ4v) is 8.19. The Labute approximate surface area is 211 Å². The quantitative estimate of drug-likeness (QED) is 0.320. The number of allylic oxidation sites excluding steroid dienone is 3. The van der Waals surface area contributed by atoms with E-state index in [9.17, 15) is 19.2 Å². The molecule has 0 N–H and O–H groups in total. The zero-order chi connectivity index (χ0) is 26.3. The van der Waals surface area contributed by atoms with E-state index >= 15 is 0 Å². The molecular weight excluding hydrogens is 464 g/mol. The first kappa shape index (κ1) is 24.9. The van der Waals surface area contributed by atoms with E-state index in [2.05, 4.69) is 19.9 Å². The van der Waals surface area contributed by atoms with Crippen molar-refractivity contribution in [2.24, 2.45) is 22.7 Å². The Kier molecular flexibility index (Phi) is 5.46. The Bertz CT molecular complexity index is 1160. The molecule has 194 valence electrons. The molecule has 5 aliphatic rings. The number of ketones is 1. The summed E-state index contributed by atoms with van der Waals surface area (Å²) in [5.74, 6) is -1.09. The maximum Gasteiger partial charge on any atom is 0.308 e. The van der Waals surface area contributed by atoms with E-state index in [1.165, 1.54) is 20.8 Å². The molecule has 8 nitrogen and oxygen atoms in total. The summed E-state index contributed by atoms with van der Waals surface area (Å²) in [7, 11) is 0. The molecule has 1 spiro atoms. The van der Waals surface area contributed by atoms with Gasteiger partial charge in [0.15, 0.2) is 12.2 Å². The van der Waals surface area contributed by atoms with Gasteiger partial charge in [-0.1, -0.05) is 18.6 Å². The van der Waals surface area contributed by atoms with Crippen LogP contribution >= 0.6 is 0 Å². The molecule has 7 atom stereocenters. The van der Waals surface area contributed by atoms with Gasteiger partial charge < -0.3 is 18.9 Å². The van der Waals surface area contributed by atoms with Gasteiger partial charge in [-0.3, -0.25) is 19.2 Å². The number of fused-ring (bicyclic) bond motifs is 3. The van der Waals surface area contributed by atoms with Crippen LogP contribution in [0.1, 0.15) is 67.2 Å². The van der Waals surface area contributed by atoms with E-state index in [-0.39, 0.29) is 29.7 Å². The van der Waals surface area contributed by atoms with Crippen LogP contribution < -0.4 is 0 Å². The first-order valence-electron chi connectivity index (χ1n) is 12.7. The van der Waals surface area contributed by atoms with Gasteiger partial charge in [0.2, 0.25) is 5.78 Å². The van der Waals surface area contributed by atoms with Crippen molar-refractivity contribution in [2.75, 3.05) is 6.61 Å². The number of hydrogen-bond donors (Lipinski definition) is 0. The largest absolute Gasteiger partial charge is 0.458 e. The highest BCUT2D eigenvalue weighted by Crippen LogP contribution is 2.76. The molecule has 3 fully saturated rings. The predicted molar refractivity (Wildman–Crippen MR) is 127 cm³/mol. The van der Waals surface area contributed by atoms with Crippen LogP contribution in [0.4, 0.5) is 0 Å². The molecule has 1 heterocycles. The lowest BCUT2D eigenvalue weighted by molar-refractivity contribution is -0.187. The summed E-state index contributed by atoms with van der Waals surface area (Å²) in [6.45, 7) is 9.83. The van der Waals surface area contributed by atoms with Crippen LogP contribution in [0, 0.1) is 22.7 Å². The summed E-state index contributed by atoms with van der Waals surface area (Å²) in [6, 6.07) is 0. The summed E-state index contributed by atoms with van der Waals surface area (Å²) in [5, 5.41) is 0. The monoisotopic (exact) mass is 498 g/mol. The molecule has 0 aromatic heterocycles. The summed E-state index contributed by atoms with van der Waals surface area (Å²) in [5.41, 5.74) is -0.708. The van der Waals surface area contributed by atoms with Crippen LogP contribution in [0.15, 0.2) is 35.1 Å². The predicted octanol–water partition coefficient (Wildman–Crippen LogP) is 3.74. The van der Waals surface area contributed by atoms with Crippen molar-refractivity contribution in [3.63, 3.8) is 0 Å². The second-order valence-electron chi connectivity index (χ2n) is 11.4. The molecule has 1 aliphatic heterocycles. The Balaban J connectivity index is 1.54. The van der Waals surface area contributed by atoms with Crippen molar-refractivity contribution in [2.45, 2.75) is 84.5 Å². The molecule has 0 amide bonds. The SMILES string of the molecule is CC(=O)OCC(=O)[C@@]1(OC(C)=O)CC[C@H]2[C@@H]3CC=C4C=C(OC(C)=O)C=C(C)[C@]4(C)[C@]34OC4C[C@@]21C. The van der Waals surface area contributed by atoms with Crippen LogP contribution in [0.3, 0.4) is 0 Å². The molecule has 0 bridgehead atoms. The second kappa shape index (κ2) is 7.88. The normalized spacial score (nSPS) is 41.7. The maximum absolute atomic E-state index is 13.5. The summed E-state index contributed by atoms with van der Waals surface area (Å²) in [4.78, 5) is 48.8. The van der Waals surface area contributed by atoms with Gasteiger partial charge in [0.1, 0.15) is 11.4 Å². The van der Waals surface area contributed by atoms with Gasteiger partial charge in [0.25, 0.3) is 0 Å². The van der Waals surface area contributed by atoms with E-state index in [1.807, 2.05) is 19.1 Å². The van der Waals surface area contributed by atoms with Crippen LogP contribution in [-0.2, 0) is 38.1 Å². The topological polar surface area (TPSA) is 109 Å². The summed E-state index contributed by atoms with van der Waals surface area (Å²) in [6.07, 6.45) is 8.33. The number of epoxide rings is 1. The molecule has 1 saturated heterocycles. The van der Waals surface area contributed by atoms with E-state index in [0.717, 1.165) is 17.6 Å². The van der Waals surface area contributed by atoms with Crippen LogP contribution in [0.25, 0.3) is 0 Å². The van der Waals surface area contributed by atoms with Gasteiger partial charge >= 0.3 is 17.9 Å². The van der Waals surface area contributed by atoms with E-state index in [4.69, 9.17) is 18.9 Å². The van der Waals surface area contributed by atoms with Crippen molar-refractivity contribution < 1.29 is 38.1 Å². The van der Waals surface area contributed by atoms with Crippen molar-refractivity contribution >= 4 is 23.7 Å². The van der Waals surface area contributed by atoms with Gasteiger partial charge in [0.05, 0.1) is 6.10 Å². The highest BCUT2D eigenvalue weighted by molar-refractivity contribution is 5.93. The number of ether oxygens (including phenoxy) is 4. The van der Waals surface area contributed by atoms with E-state index < -0.39 is 40.6 Å². The average Bonchev–Trinajstić information content (AvgIpc) is 3.41. The van der Waals surface area contributed by atoms with Gasteiger partial charge in [-0.25, -0.2) is 0 Å². The molecule has 5 rings (SSSR count). The van der Waals surface area contributed by atoms with Gasteiger partial charge in [-0.15, -0.1) is 0 Å². The fourth-order valence-electron chi connectivity index (χ4n) is 8.19. The zero-order valence-corrected chi connectivity index (χ0v) is 21.8. The third-order valence-corrected chi connectivity index (χ3v) is 9.78. The van der Waals surface area contributed by atoms with E-state index in [1.54, 1.807) is 0 Å².